The van der Waals surface area contributed by atoms with Gasteiger partial charge in [0.1, 0.15) is 0 Å². The summed E-state index contributed by atoms with van der Waals surface area (Å²) in [6.45, 7) is 0. The molecule has 0 bridgehead atoms. The number of aromatic nitrogens is 8. The zero-order valence-electron chi connectivity index (χ0n) is 41.4. The molecule has 0 radical (unpaired) electrons. The van der Waals surface area contributed by atoms with E-state index in [1.807, 2.05) is 84.9 Å². The standard InChI is InChI=1S/C34H22N4.C20H14N2.C14H9ClN2/c1-3-11-23(12-4-1)33-27-16-7-9-17-29(27)35-34(36-33)38-30-18-10-8-15-26(30)28-22-31-24(21-32(28)38)19-20-37(31)25-13-5-2-6-14-25;1-2-6-15(7-3-1)22-11-10-14-12-19-17(13-20(14)22)16-8-4-5-9-18(16)21-19;15-14-16-12-9-5-4-8-11(12)13(17-14)10-6-2-1-3-7-10/h1-22H;1-13,21H;1-9H. The van der Waals surface area contributed by atoms with Crippen molar-refractivity contribution < 1.29 is 0 Å². The summed E-state index contributed by atoms with van der Waals surface area (Å²) in [5.74, 6) is 0.676. The Balaban J connectivity index is 0.000000117. The van der Waals surface area contributed by atoms with Gasteiger partial charge in [-0.1, -0.05) is 170 Å². The molecule has 10 aromatic carbocycles. The van der Waals surface area contributed by atoms with Crippen molar-refractivity contribution >= 4 is 98.8 Å². The molecule has 0 amide bonds. The number of nitrogens with one attached hydrogen (secondary N) is 1. The summed E-state index contributed by atoms with van der Waals surface area (Å²) < 4.78 is 6.71. The van der Waals surface area contributed by atoms with Crippen LogP contribution in [0.25, 0.3) is 127 Å². The molecule has 364 valence electrons. The SMILES string of the molecule is Clc1nc(-c2ccccc2)c2ccccc2n1.c1ccc(-c2nc(-n3c4ccccc4c4cc5c(ccn5-c5ccccc5)cc43)nc3ccccc23)cc1.c1ccc(-n2ccc3cc4[nH]c5ccccc5c4cc32)cc1. The van der Waals surface area contributed by atoms with Gasteiger partial charge in [0.25, 0.3) is 0 Å². The molecule has 0 saturated carbocycles. The van der Waals surface area contributed by atoms with Crippen molar-refractivity contribution in [1.29, 1.82) is 0 Å². The lowest BCUT2D eigenvalue weighted by Crippen LogP contribution is -2.03. The third kappa shape index (κ3) is 8.30. The molecule has 8 nitrogen and oxygen atoms in total. The van der Waals surface area contributed by atoms with E-state index in [1.165, 1.54) is 60.1 Å². The Hall–Kier alpha value is -10.2. The number of nitrogens with zero attached hydrogens (tertiary/aromatic N) is 7. The van der Waals surface area contributed by atoms with Gasteiger partial charge in [0.2, 0.25) is 11.2 Å². The molecule has 0 atom stereocenters. The van der Waals surface area contributed by atoms with Gasteiger partial charge >= 0.3 is 0 Å². The first kappa shape index (κ1) is 45.5. The highest BCUT2D eigenvalue weighted by atomic mass is 35.5. The first-order valence-electron chi connectivity index (χ1n) is 25.6. The molecular weight excluding hydrogens is 964 g/mol. The number of aromatic amines is 1. The summed E-state index contributed by atoms with van der Waals surface area (Å²) in [6.07, 6.45) is 4.28. The molecule has 6 heterocycles. The monoisotopic (exact) mass is 1010 g/mol. The van der Waals surface area contributed by atoms with E-state index in [0.717, 1.165) is 61.0 Å². The lowest BCUT2D eigenvalue weighted by atomic mass is 10.1. The van der Waals surface area contributed by atoms with Gasteiger partial charge in [-0.2, -0.15) is 0 Å². The normalized spacial score (nSPS) is 11.4. The highest BCUT2D eigenvalue weighted by molar-refractivity contribution is 6.29. The Morgan fingerprint density at radius 1 is 0.325 bits per heavy atom. The number of para-hydroxylation sites is 6. The van der Waals surface area contributed by atoms with Gasteiger partial charge in [-0.15, -0.1) is 0 Å². The predicted octanol–water partition coefficient (Wildman–Crippen LogP) is 17.6. The van der Waals surface area contributed by atoms with E-state index < -0.39 is 0 Å². The van der Waals surface area contributed by atoms with Crippen molar-refractivity contribution in [3.8, 4) is 39.8 Å². The van der Waals surface area contributed by atoms with Crippen molar-refractivity contribution in [2.75, 3.05) is 0 Å². The molecule has 1 N–H and O–H groups in total. The van der Waals surface area contributed by atoms with Crippen LogP contribution in [0.15, 0.2) is 267 Å². The quantitative estimate of drug-likeness (QED) is 0.174. The number of hydrogen-bond acceptors (Lipinski definition) is 4. The zero-order chi connectivity index (χ0) is 51.2. The van der Waals surface area contributed by atoms with Gasteiger partial charge in [0.05, 0.1) is 44.5 Å². The van der Waals surface area contributed by atoms with E-state index in [9.17, 15) is 0 Å². The van der Waals surface area contributed by atoms with Crippen LogP contribution in [0.1, 0.15) is 0 Å². The van der Waals surface area contributed by atoms with Crippen LogP contribution < -0.4 is 0 Å². The van der Waals surface area contributed by atoms with Gasteiger partial charge in [-0.25, -0.2) is 19.9 Å². The fourth-order valence-electron chi connectivity index (χ4n) is 10.8. The van der Waals surface area contributed by atoms with Crippen molar-refractivity contribution in [2.24, 2.45) is 0 Å². The van der Waals surface area contributed by atoms with Crippen LogP contribution in [-0.4, -0.2) is 38.6 Å². The summed E-state index contributed by atoms with van der Waals surface area (Å²) in [5.41, 5.74) is 15.1. The Bertz CT molecular complexity index is 4810. The summed E-state index contributed by atoms with van der Waals surface area (Å²) in [4.78, 5) is 22.3. The fraction of sp³-hybridized carbons (Fsp3) is 0. The zero-order valence-corrected chi connectivity index (χ0v) is 42.2. The second kappa shape index (κ2) is 19.3. The van der Waals surface area contributed by atoms with Crippen LogP contribution in [0.4, 0.5) is 0 Å². The molecule has 0 aliphatic heterocycles. The van der Waals surface area contributed by atoms with Crippen molar-refractivity contribution in [3.05, 3.63) is 272 Å². The molecule has 6 aromatic heterocycles. The Morgan fingerprint density at radius 3 is 1.43 bits per heavy atom. The number of hydrogen-bond donors (Lipinski definition) is 1. The van der Waals surface area contributed by atoms with Crippen molar-refractivity contribution in [2.45, 2.75) is 0 Å². The van der Waals surface area contributed by atoms with Crippen molar-refractivity contribution in [3.63, 3.8) is 0 Å². The van der Waals surface area contributed by atoms with Crippen LogP contribution in [0.3, 0.4) is 0 Å². The number of H-pyrrole nitrogens is 1. The molecule has 0 fully saturated rings. The Kier molecular flexibility index (Phi) is 11.4. The van der Waals surface area contributed by atoms with Crippen molar-refractivity contribution in [1.82, 2.24) is 38.6 Å². The van der Waals surface area contributed by atoms with E-state index in [1.54, 1.807) is 0 Å². The molecular formula is C68H45ClN8. The van der Waals surface area contributed by atoms with Gasteiger partial charge in [0, 0.05) is 89.0 Å². The van der Waals surface area contributed by atoms with Gasteiger partial charge in [-0.05, 0) is 96.5 Å². The average molecular weight is 1010 g/mol. The van der Waals surface area contributed by atoms with E-state index >= 15 is 0 Å². The summed E-state index contributed by atoms with van der Waals surface area (Å²) in [7, 11) is 0. The Morgan fingerprint density at radius 2 is 0.805 bits per heavy atom. The molecule has 77 heavy (non-hydrogen) atoms. The first-order valence-corrected chi connectivity index (χ1v) is 25.9. The number of fused-ring (bicyclic) bond motifs is 10. The van der Waals surface area contributed by atoms with E-state index in [4.69, 9.17) is 21.6 Å². The molecule has 0 spiro atoms. The number of halogens is 1. The highest BCUT2D eigenvalue weighted by Crippen LogP contribution is 2.37. The first-order chi connectivity index (χ1) is 38.1. The minimum Gasteiger partial charge on any atom is -0.354 e. The Labute approximate surface area is 447 Å². The lowest BCUT2D eigenvalue weighted by molar-refractivity contribution is 1.01. The molecule has 0 unspecified atom stereocenters. The van der Waals surface area contributed by atoms with Crippen LogP contribution in [0.5, 0.6) is 0 Å². The van der Waals surface area contributed by atoms with Gasteiger partial charge in [-0.3, -0.25) is 4.57 Å². The minimum absolute atomic E-state index is 0.280. The average Bonchev–Trinajstić information content (AvgIpc) is 4.39. The summed E-state index contributed by atoms with van der Waals surface area (Å²) in [5, 5.41) is 9.69. The third-order valence-corrected chi connectivity index (χ3v) is 14.5. The fourth-order valence-corrected chi connectivity index (χ4v) is 10.9. The van der Waals surface area contributed by atoms with Crippen LogP contribution >= 0.6 is 11.6 Å². The molecule has 16 aromatic rings. The molecule has 0 aliphatic carbocycles. The highest BCUT2D eigenvalue weighted by Gasteiger charge is 2.19. The maximum absolute atomic E-state index is 5.95. The van der Waals surface area contributed by atoms with Crippen LogP contribution in [0, 0.1) is 0 Å². The number of benzene rings is 10. The molecule has 9 heteroatoms. The van der Waals surface area contributed by atoms with Gasteiger partial charge in [0.15, 0.2) is 0 Å². The van der Waals surface area contributed by atoms with Crippen LogP contribution in [0.2, 0.25) is 5.28 Å². The maximum atomic E-state index is 5.95. The van der Waals surface area contributed by atoms with Crippen LogP contribution in [-0.2, 0) is 0 Å². The lowest BCUT2D eigenvalue weighted by Gasteiger charge is -2.12. The maximum Gasteiger partial charge on any atom is 0.235 e. The largest absolute Gasteiger partial charge is 0.354 e. The van der Waals surface area contributed by atoms with E-state index in [-0.39, 0.29) is 5.28 Å². The topological polar surface area (TPSA) is 82.1 Å². The second-order valence-electron chi connectivity index (χ2n) is 18.9. The minimum atomic E-state index is 0.280. The predicted molar refractivity (Wildman–Crippen MR) is 319 cm³/mol. The smallest absolute Gasteiger partial charge is 0.235 e. The molecule has 16 rings (SSSR count). The van der Waals surface area contributed by atoms with E-state index in [0.29, 0.717) is 5.95 Å². The summed E-state index contributed by atoms with van der Waals surface area (Å²) in [6, 6.07) is 87.9. The second-order valence-corrected chi connectivity index (χ2v) is 19.3. The molecule has 0 saturated heterocycles. The van der Waals surface area contributed by atoms with E-state index in [2.05, 4.69) is 211 Å². The third-order valence-electron chi connectivity index (χ3n) is 14.3. The molecule has 0 aliphatic rings. The summed E-state index contributed by atoms with van der Waals surface area (Å²) >= 11 is 5.95. The van der Waals surface area contributed by atoms with Gasteiger partial charge < -0.3 is 14.1 Å². The number of rotatable bonds is 5.